The van der Waals surface area contributed by atoms with Crippen LogP contribution in [0.1, 0.15) is 16.5 Å². The molecule has 0 bridgehead atoms. The van der Waals surface area contributed by atoms with E-state index >= 15 is 0 Å². The highest BCUT2D eigenvalue weighted by atomic mass is 35.5. The predicted octanol–water partition coefficient (Wildman–Crippen LogP) is 3.59. The van der Waals surface area contributed by atoms with E-state index in [4.69, 9.17) is 11.6 Å². The fourth-order valence-electron chi connectivity index (χ4n) is 1.82. The van der Waals surface area contributed by atoms with E-state index < -0.39 is 0 Å². The Morgan fingerprint density at radius 3 is 2.65 bits per heavy atom. The lowest BCUT2D eigenvalue weighted by atomic mass is 10.1. The van der Waals surface area contributed by atoms with Gasteiger partial charge in [-0.3, -0.25) is 0 Å². The zero-order chi connectivity index (χ0) is 11.7. The van der Waals surface area contributed by atoms with Crippen molar-refractivity contribution in [2.24, 2.45) is 0 Å². The number of nitrogens with one attached hydrogen (secondary N) is 2. The van der Waals surface area contributed by atoms with Crippen LogP contribution in [0.2, 0.25) is 5.02 Å². The molecule has 0 fully saturated rings. The van der Waals surface area contributed by atoms with Crippen LogP contribution in [0, 0.1) is 0 Å². The minimum absolute atomic E-state index is 0.251. The van der Waals surface area contributed by atoms with Gasteiger partial charge in [-0.1, -0.05) is 29.8 Å². The third kappa shape index (κ3) is 2.22. The molecule has 17 heavy (non-hydrogen) atoms. The summed E-state index contributed by atoms with van der Waals surface area (Å²) in [5, 5.41) is 2.85. The van der Waals surface area contributed by atoms with Crippen molar-refractivity contribution in [2.75, 3.05) is 0 Å². The van der Waals surface area contributed by atoms with Gasteiger partial charge in [0.15, 0.2) is 0 Å². The smallest absolute Gasteiger partial charge is 0.0806 e. The molecule has 0 amide bonds. The molecule has 2 N–H and O–H groups in total. The number of halogens is 1. The maximum atomic E-state index is 5.87. The predicted molar refractivity (Wildman–Crippen MR) is 72.8 cm³/mol. The summed E-state index contributed by atoms with van der Waals surface area (Å²) in [5.74, 6) is 0. The van der Waals surface area contributed by atoms with E-state index in [9.17, 15) is 0 Å². The molecule has 86 valence electrons. The molecule has 0 aliphatic carbocycles. The number of thiophene rings is 1. The monoisotopic (exact) mass is 262 g/mol. The van der Waals surface area contributed by atoms with Gasteiger partial charge in [0.25, 0.3) is 0 Å². The highest BCUT2D eigenvalue weighted by Crippen LogP contribution is 2.27. The largest absolute Gasteiger partial charge is 0.320 e. The van der Waals surface area contributed by atoms with E-state index in [-0.39, 0.29) is 6.04 Å². The molecule has 3 rings (SSSR count). The lowest BCUT2D eigenvalue weighted by molar-refractivity contribution is 0.623. The van der Waals surface area contributed by atoms with Crippen LogP contribution in [0.3, 0.4) is 0 Å². The van der Waals surface area contributed by atoms with Crippen molar-refractivity contribution in [1.82, 2.24) is 10.9 Å². The van der Waals surface area contributed by atoms with Gasteiger partial charge in [0.1, 0.15) is 0 Å². The molecule has 1 aromatic carbocycles. The van der Waals surface area contributed by atoms with Gasteiger partial charge in [-0.15, -0.1) is 11.3 Å². The van der Waals surface area contributed by atoms with Gasteiger partial charge in [0.05, 0.1) is 11.7 Å². The summed E-state index contributed by atoms with van der Waals surface area (Å²) in [4.78, 5) is 1.31. The Bertz CT molecular complexity index is 531. The van der Waals surface area contributed by atoms with Crippen molar-refractivity contribution in [2.45, 2.75) is 6.04 Å². The molecular formula is C13H11ClN2S. The van der Waals surface area contributed by atoms with E-state index in [0.29, 0.717) is 0 Å². The second kappa shape index (κ2) is 4.53. The topological polar surface area (TPSA) is 24.1 Å². The Kier molecular flexibility index (Phi) is 2.89. The van der Waals surface area contributed by atoms with Crippen molar-refractivity contribution in [3.63, 3.8) is 0 Å². The van der Waals surface area contributed by atoms with Crippen LogP contribution in [-0.2, 0) is 0 Å². The standard InChI is InChI=1S/C13H11ClN2S/c14-10-5-3-9(4-6-10)11-8-12(16-15-11)13-2-1-7-17-13/h1-8,12,15-16H. The Morgan fingerprint density at radius 1 is 1.12 bits per heavy atom. The second-order valence-electron chi connectivity index (χ2n) is 3.85. The van der Waals surface area contributed by atoms with Crippen molar-refractivity contribution < 1.29 is 0 Å². The van der Waals surface area contributed by atoms with Crippen LogP contribution in [0.4, 0.5) is 0 Å². The molecule has 0 spiro atoms. The van der Waals surface area contributed by atoms with Crippen LogP contribution in [0.15, 0.2) is 47.9 Å². The maximum Gasteiger partial charge on any atom is 0.0806 e. The minimum atomic E-state index is 0.251. The van der Waals surface area contributed by atoms with E-state index in [1.165, 1.54) is 4.88 Å². The van der Waals surface area contributed by atoms with Crippen LogP contribution < -0.4 is 10.9 Å². The molecule has 2 aromatic rings. The molecule has 1 aromatic heterocycles. The van der Waals surface area contributed by atoms with Crippen molar-refractivity contribution in [3.8, 4) is 0 Å². The van der Waals surface area contributed by atoms with Gasteiger partial charge < -0.3 is 5.43 Å². The normalized spacial score (nSPS) is 18.9. The number of hydrazine groups is 1. The van der Waals surface area contributed by atoms with Gasteiger partial charge in [-0.25, -0.2) is 5.43 Å². The first-order valence-corrected chi connectivity index (χ1v) is 6.61. The van der Waals surface area contributed by atoms with Gasteiger partial charge in [0.2, 0.25) is 0 Å². The molecule has 0 saturated carbocycles. The zero-order valence-corrected chi connectivity index (χ0v) is 10.6. The van der Waals surface area contributed by atoms with Crippen LogP contribution in [-0.4, -0.2) is 0 Å². The number of hydrogen-bond donors (Lipinski definition) is 2. The van der Waals surface area contributed by atoms with Gasteiger partial charge in [0, 0.05) is 9.90 Å². The van der Waals surface area contributed by atoms with E-state index in [0.717, 1.165) is 16.3 Å². The summed E-state index contributed by atoms with van der Waals surface area (Å²) < 4.78 is 0. The molecule has 1 aliphatic rings. The summed E-state index contributed by atoms with van der Waals surface area (Å²) in [5.41, 5.74) is 8.70. The number of rotatable bonds is 2. The first kappa shape index (κ1) is 10.8. The molecular weight excluding hydrogens is 252 g/mol. The van der Waals surface area contributed by atoms with Crippen LogP contribution in [0.5, 0.6) is 0 Å². The molecule has 0 radical (unpaired) electrons. The number of hydrogen-bond acceptors (Lipinski definition) is 3. The maximum absolute atomic E-state index is 5.87. The Hall–Kier alpha value is -1.29. The first-order chi connectivity index (χ1) is 8.33. The van der Waals surface area contributed by atoms with E-state index in [1.54, 1.807) is 11.3 Å². The van der Waals surface area contributed by atoms with Crippen molar-refractivity contribution in [3.05, 3.63) is 63.3 Å². The average molecular weight is 263 g/mol. The molecule has 1 aliphatic heterocycles. The summed E-state index contributed by atoms with van der Waals surface area (Å²) in [7, 11) is 0. The van der Waals surface area contributed by atoms with Gasteiger partial charge in [-0.2, -0.15) is 0 Å². The Labute approximate surface area is 109 Å². The summed E-state index contributed by atoms with van der Waals surface area (Å²) in [6.45, 7) is 0. The first-order valence-electron chi connectivity index (χ1n) is 5.35. The highest BCUT2D eigenvalue weighted by molar-refractivity contribution is 7.10. The molecule has 0 saturated heterocycles. The number of benzene rings is 1. The lowest BCUT2D eigenvalue weighted by Gasteiger charge is -2.06. The molecule has 2 nitrogen and oxygen atoms in total. The molecule has 1 unspecified atom stereocenters. The zero-order valence-electron chi connectivity index (χ0n) is 8.98. The Morgan fingerprint density at radius 2 is 1.94 bits per heavy atom. The highest BCUT2D eigenvalue weighted by Gasteiger charge is 2.17. The fourth-order valence-corrected chi connectivity index (χ4v) is 2.70. The Balaban J connectivity index is 1.86. The van der Waals surface area contributed by atoms with Crippen molar-refractivity contribution >= 4 is 28.6 Å². The summed E-state index contributed by atoms with van der Waals surface area (Å²) >= 11 is 7.63. The van der Waals surface area contributed by atoms with Crippen LogP contribution >= 0.6 is 22.9 Å². The summed E-state index contributed by atoms with van der Waals surface area (Å²) in [6, 6.07) is 12.3. The van der Waals surface area contributed by atoms with Gasteiger partial charge in [-0.05, 0) is 35.2 Å². The molecule has 2 heterocycles. The minimum Gasteiger partial charge on any atom is -0.320 e. The third-order valence-corrected chi connectivity index (χ3v) is 3.91. The molecule has 4 heteroatoms. The van der Waals surface area contributed by atoms with Crippen LogP contribution in [0.25, 0.3) is 5.70 Å². The summed E-state index contributed by atoms with van der Waals surface area (Å²) in [6.07, 6.45) is 2.19. The van der Waals surface area contributed by atoms with Crippen molar-refractivity contribution in [1.29, 1.82) is 0 Å². The quantitative estimate of drug-likeness (QED) is 0.864. The van der Waals surface area contributed by atoms with E-state index in [1.807, 2.05) is 24.3 Å². The van der Waals surface area contributed by atoms with E-state index in [2.05, 4.69) is 34.4 Å². The van der Waals surface area contributed by atoms with Gasteiger partial charge >= 0.3 is 0 Å². The average Bonchev–Trinajstić information content (AvgIpc) is 3.00. The third-order valence-electron chi connectivity index (χ3n) is 2.70. The molecule has 1 atom stereocenters. The lowest BCUT2D eigenvalue weighted by Crippen LogP contribution is -2.25. The fraction of sp³-hybridized carbons (Fsp3) is 0.0769. The second-order valence-corrected chi connectivity index (χ2v) is 5.27. The SMILES string of the molecule is Clc1ccc(C2=CC(c3cccs3)NN2)cc1.